The molecule has 0 spiro atoms. The van der Waals surface area contributed by atoms with Crippen LogP contribution in [0.3, 0.4) is 0 Å². The van der Waals surface area contributed by atoms with Gasteiger partial charge in [-0.3, -0.25) is 14.5 Å². The summed E-state index contributed by atoms with van der Waals surface area (Å²) >= 11 is 0. The third-order valence-corrected chi connectivity index (χ3v) is 3.14. The molecule has 2 amide bonds. The molecule has 0 radical (unpaired) electrons. The van der Waals surface area contributed by atoms with Gasteiger partial charge in [0.05, 0.1) is 0 Å². The van der Waals surface area contributed by atoms with Crippen LogP contribution in [0.25, 0.3) is 0 Å². The Morgan fingerprint density at radius 1 is 1.22 bits per heavy atom. The zero-order valence-corrected chi connectivity index (χ0v) is 11.0. The van der Waals surface area contributed by atoms with Crippen molar-refractivity contribution in [2.75, 3.05) is 6.54 Å². The predicted molar refractivity (Wildman–Crippen MR) is 68.3 cm³/mol. The maximum Gasteiger partial charge on any atom is 0.271 e. The summed E-state index contributed by atoms with van der Waals surface area (Å²) < 4.78 is 0. The van der Waals surface area contributed by atoms with Crippen molar-refractivity contribution >= 4 is 11.8 Å². The Kier molecular flexibility index (Phi) is 4.85. The number of hydrogen-bond donors (Lipinski definition) is 0. The summed E-state index contributed by atoms with van der Waals surface area (Å²) in [4.78, 5) is 25.0. The van der Waals surface area contributed by atoms with Gasteiger partial charge >= 0.3 is 0 Å². The molecule has 0 fully saturated rings. The second kappa shape index (κ2) is 6.15. The van der Waals surface area contributed by atoms with Crippen LogP contribution in [-0.4, -0.2) is 23.3 Å². The van der Waals surface area contributed by atoms with E-state index in [0.29, 0.717) is 12.1 Å². The number of hydrogen-bond acceptors (Lipinski definition) is 3. The van der Waals surface area contributed by atoms with Crippen LogP contribution in [0.1, 0.15) is 39.5 Å². The number of nitrogens with zero attached hydrogens (tertiary/aromatic N) is 2. The van der Waals surface area contributed by atoms with Crippen molar-refractivity contribution in [3.63, 3.8) is 0 Å². The van der Waals surface area contributed by atoms with Gasteiger partial charge in [0.1, 0.15) is 11.6 Å². The Morgan fingerprint density at radius 3 is 2.44 bits per heavy atom. The van der Waals surface area contributed by atoms with Gasteiger partial charge in [0.2, 0.25) is 0 Å². The summed E-state index contributed by atoms with van der Waals surface area (Å²) in [5.41, 5.74) is 0.689. The van der Waals surface area contributed by atoms with Gasteiger partial charge in [-0.2, -0.15) is 5.26 Å². The smallest absolute Gasteiger partial charge is 0.271 e. The molecule has 1 heterocycles. The number of rotatable bonds is 5. The minimum atomic E-state index is -0.483. The first kappa shape index (κ1) is 14.2. The Labute approximate surface area is 108 Å². The molecule has 1 rings (SSSR count). The molecule has 0 saturated carbocycles. The highest BCUT2D eigenvalue weighted by molar-refractivity contribution is 6.17. The lowest BCUT2D eigenvalue weighted by molar-refractivity contribution is -0.140. The van der Waals surface area contributed by atoms with Crippen LogP contribution in [0.4, 0.5) is 0 Å². The zero-order chi connectivity index (χ0) is 13.7. The van der Waals surface area contributed by atoms with E-state index in [9.17, 15) is 9.59 Å². The van der Waals surface area contributed by atoms with Crippen LogP contribution in [0.15, 0.2) is 23.3 Å². The molecule has 1 aliphatic rings. The van der Waals surface area contributed by atoms with E-state index >= 15 is 0 Å². The number of carbonyl (C=O) groups excluding carboxylic acids is 2. The molecule has 0 aliphatic carbocycles. The average molecular weight is 246 g/mol. The largest absolute Gasteiger partial charge is 0.274 e. The van der Waals surface area contributed by atoms with Crippen molar-refractivity contribution in [1.82, 2.24) is 4.90 Å². The maximum atomic E-state index is 12.0. The van der Waals surface area contributed by atoms with Crippen LogP contribution in [0, 0.1) is 11.3 Å². The molecular formula is C14H18N2O2. The minimum absolute atomic E-state index is 0.0371. The first-order chi connectivity index (χ1) is 8.54. The average Bonchev–Trinajstić information content (AvgIpc) is 2.36. The number of amides is 2. The lowest BCUT2D eigenvalue weighted by atomic mass is 9.96. The van der Waals surface area contributed by atoms with E-state index in [4.69, 9.17) is 5.26 Å². The van der Waals surface area contributed by atoms with Gasteiger partial charge < -0.3 is 0 Å². The van der Waals surface area contributed by atoms with Gasteiger partial charge in [0.25, 0.3) is 11.8 Å². The SMILES string of the molecule is C=C1C(=O)N(CCCCCC)C(=O)C(C#N)=C1C. The van der Waals surface area contributed by atoms with Gasteiger partial charge in [-0.25, -0.2) is 0 Å². The number of unbranched alkanes of at least 4 members (excludes halogenated alkanes) is 3. The third-order valence-electron chi connectivity index (χ3n) is 3.14. The molecule has 0 unspecified atom stereocenters. The van der Waals surface area contributed by atoms with Gasteiger partial charge in [0.15, 0.2) is 0 Å². The van der Waals surface area contributed by atoms with Gasteiger partial charge in [0, 0.05) is 12.1 Å². The van der Waals surface area contributed by atoms with Crippen molar-refractivity contribution in [2.24, 2.45) is 0 Å². The van der Waals surface area contributed by atoms with Crippen molar-refractivity contribution in [3.8, 4) is 6.07 Å². The zero-order valence-electron chi connectivity index (χ0n) is 11.0. The van der Waals surface area contributed by atoms with Crippen LogP contribution in [0.2, 0.25) is 0 Å². The number of carbonyl (C=O) groups is 2. The summed E-state index contributed by atoms with van der Waals surface area (Å²) in [6.45, 7) is 7.71. The quantitative estimate of drug-likeness (QED) is 0.425. The fourth-order valence-electron chi connectivity index (χ4n) is 1.89. The molecule has 0 bridgehead atoms. The second-order valence-corrected chi connectivity index (χ2v) is 4.41. The van der Waals surface area contributed by atoms with Crippen LogP contribution in [0.5, 0.6) is 0 Å². The van der Waals surface area contributed by atoms with Crippen molar-refractivity contribution in [2.45, 2.75) is 39.5 Å². The summed E-state index contributed by atoms with van der Waals surface area (Å²) in [5.74, 6) is -0.850. The molecular weight excluding hydrogens is 228 g/mol. The Hall–Kier alpha value is -1.89. The van der Waals surface area contributed by atoms with E-state index in [1.807, 2.05) is 6.07 Å². The second-order valence-electron chi connectivity index (χ2n) is 4.41. The first-order valence-electron chi connectivity index (χ1n) is 6.21. The summed E-state index contributed by atoms with van der Waals surface area (Å²) in [6.07, 6.45) is 3.93. The van der Waals surface area contributed by atoms with E-state index in [0.717, 1.165) is 30.6 Å². The standard InChI is InChI=1S/C14H18N2O2/c1-4-5-6-7-8-16-13(17)11(3)10(2)12(9-15)14(16)18/h3-8H2,1-2H3. The molecule has 4 heteroatoms. The van der Waals surface area contributed by atoms with E-state index in [1.54, 1.807) is 6.92 Å². The normalized spacial score (nSPS) is 16.3. The fourth-order valence-corrected chi connectivity index (χ4v) is 1.89. The molecule has 0 aromatic carbocycles. The van der Waals surface area contributed by atoms with Gasteiger partial charge in [-0.05, 0) is 18.9 Å². The molecule has 0 aromatic heterocycles. The van der Waals surface area contributed by atoms with E-state index in [2.05, 4.69) is 13.5 Å². The molecule has 1 aliphatic heterocycles. The monoisotopic (exact) mass is 246 g/mol. The van der Waals surface area contributed by atoms with Gasteiger partial charge in [-0.15, -0.1) is 0 Å². The molecule has 0 aromatic rings. The van der Waals surface area contributed by atoms with Gasteiger partial charge in [-0.1, -0.05) is 32.8 Å². The molecule has 0 N–H and O–H groups in total. The van der Waals surface area contributed by atoms with Crippen LogP contribution in [-0.2, 0) is 9.59 Å². The van der Waals surface area contributed by atoms with E-state index in [-0.39, 0.29) is 17.1 Å². The summed E-state index contributed by atoms with van der Waals surface area (Å²) in [7, 11) is 0. The highest BCUT2D eigenvalue weighted by Crippen LogP contribution is 2.23. The lowest BCUT2D eigenvalue weighted by Gasteiger charge is -2.26. The molecule has 0 saturated heterocycles. The highest BCUT2D eigenvalue weighted by atomic mass is 16.2. The number of imide groups is 1. The molecule has 0 atom stereocenters. The van der Waals surface area contributed by atoms with E-state index < -0.39 is 5.91 Å². The summed E-state index contributed by atoms with van der Waals surface area (Å²) in [6, 6.07) is 1.86. The molecule has 96 valence electrons. The molecule has 18 heavy (non-hydrogen) atoms. The maximum absolute atomic E-state index is 12.0. The van der Waals surface area contributed by atoms with Crippen molar-refractivity contribution < 1.29 is 9.59 Å². The fraction of sp³-hybridized carbons (Fsp3) is 0.500. The minimum Gasteiger partial charge on any atom is -0.274 e. The Balaban J connectivity index is 2.82. The summed E-state index contributed by atoms with van der Waals surface area (Å²) in [5, 5.41) is 8.96. The van der Waals surface area contributed by atoms with Crippen molar-refractivity contribution in [3.05, 3.63) is 23.3 Å². The number of nitriles is 1. The first-order valence-corrected chi connectivity index (χ1v) is 6.21. The highest BCUT2D eigenvalue weighted by Gasteiger charge is 2.33. The van der Waals surface area contributed by atoms with Crippen molar-refractivity contribution in [1.29, 1.82) is 5.26 Å². The third kappa shape index (κ3) is 2.67. The Morgan fingerprint density at radius 2 is 1.89 bits per heavy atom. The van der Waals surface area contributed by atoms with Crippen LogP contribution >= 0.6 is 0 Å². The topological polar surface area (TPSA) is 61.2 Å². The van der Waals surface area contributed by atoms with Crippen LogP contribution < -0.4 is 0 Å². The predicted octanol–water partition coefficient (Wildman–Crippen LogP) is 2.33. The van der Waals surface area contributed by atoms with E-state index in [1.165, 1.54) is 0 Å². The Bertz CT molecular complexity index is 455. The lowest BCUT2D eigenvalue weighted by Crippen LogP contribution is -2.42. The molecule has 4 nitrogen and oxygen atoms in total.